The molecule has 0 spiro atoms. The molecule has 0 aliphatic carbocycles. The van der Waals surface area contributed by atoms with Crippen molar-refractivity contribution in [3.05, 3.63) is 29.1 Å². The quantitative estimate of drug-likeness (QED) is 0.859. The van der Waals surface area contributed by atoms with Gasteiger partial charge < -0.3 is 14.1 Å². The van der Waals surface area contributed by atoms with Crippen molar-refractivity contribution in [3.63, 3.8) is 0 Å². The van der Waals surface area contributed by atoms with Crippen LogP contribution in [-0.2, 0) is 10.2 Å². The van der Waals surface area contributed by atoms with E-state index in [9.17, 15) is 0 Å². The molecule has 0 aromatic carbocycles. The molecule has 2 aromatic heterocycles. The van der Waals surface area contributed by atoms with Crippen molar-refractivity contribution >= 4 is 29.1 Å². The van der Waals surface area contributed by atoms with E-state index in [2.05, 4.69) is 18.4 Å². The van der Waals surface area contributed by atoms with Crippen molar-refractivity contribution in [1.82, 2.24) is 9.97 Å². The predicted molar refractivity (Wildman–Crippen MR) is 100 cm³/mol. The lowest BCUT2D eigenvalue weighted by atomic mass is 9.89. The Morgan fingerprint density at radius 2 is 2.04 bits per heavy atom. The molecule has 0 saturated carbocycles. The summed E-state index contributed by atoms with van der Waals surface area (Å²) in [5.41, 5.74) is 2.36. The van der Waals surface area contributed by atoms with Crippen LogP contribution in [0.4, 0.5) is 5.82 Å². The van der Waals surface area contributed by atoms with Crippen LogP contribution >= 0.6 is 0 Å². The predicted octanol–water partition coefficient (Wildman–Crippen LogP) is 2.27. The summed E-state index contributed by atoms with van der Waals surface area (Å²) in [7, 11) is 0. The summed E-state index contributed by atoms with van der Waals surface area (Å²) >= 11 is 0. The topological polar surface area (TPSA) is 51.4 Å². The second-order valence-corrected chi connectivity index (χ2v) is 7.18. The third-order valence-corrected chi connectivity index (χ3v) is 5.29. The summed E-state index contributed by atoms with van der Waals surface area (Å²) in [5.74, 6) is 1.79. The average molecular weight is 339 g/mol. The van der Waals surface area contributed by atoms with Crippen LogP contribution in [0.15, 0.2) is 17.1 Å². The number of ether oxygens (including phenoxy) is 1. The Morgan fingerprint density at radius 3 is 2.68 bits per heavy atom. The van der Waals surface area contributed by atoms with E-state index in [1.165, 1.54) is 12.8 Å². The van der Waals surface area contributed by atoms with Crippen molar-refractivity contribution in [2.24, 2.45) is 0 Å². The minimum atomic E-state index is -0.137. The number of allylic oxidation sites excluding steroid dienone is 1. The molecule has 2 fully saturated rings. The molecule has 2 aliphatic heterocycles. The Labute approximate surface area is 147 Å². The molecular formula is C20H25N3O2. The second kappa shape index (κ2) is 6.30. The highest BCUT2D eigenvalue weighted by Crippen LogP contribution is 2.34. The highest BCUT2D eigenvalue weighted by Gasteiger charge is 2.36. The summed E-state index contributed by atoms with van der Waals surface area (Å²) in [6.45, 7) is 11.5. The first kappa shape index (κ1) is 16.3. The summed E-state index contributed by atoms with van der Waals surface area (Å²) in [6, 6.07) is 0. The highest BCUT2D eigenvalue weighted by atomic mass is 16.5. The summed E-state index contributed by atoms with van der Waals surface area (Å²) in [6.07, 6.45) is 9.07. The zero-order valence-corrected chi connectivity index (χ0v) is 15.0. The van der Waals surface area contributed by atoms with Gasteiger partial charge in [-0.3, -0.25) is 0 Å². The van der Waals surface area contributed by atoms with Gasteiger partial charge in [0.1, 0.15) is 16.8 Å². The standard InChI is InChI=1S/C20H25N3O2/c1-4-8-14-15(5-2)25-17-16(14)21-19(20(3)9-12-24-13-20)22-18(17)23-10-6-7-11-23/h4-5,8H,1,6-7,9-13H2,2-3H3/b14-8+,15-5+. The first-order valence-corrected chi connectivity index (χ1v) is 9.09. The van der Waals surface area contributed by atoms with E-state index in [-0.39, 0.29) is 5.41 Å². The van der Waals surface area contributed by atoms with Crippen LogP contribution in [0.1, 0.15) is 38.9 Å². The molecular weight excluding hydrogens is 314 g/mol. The van der Waals surface area contributed by atoms with Gasteiger partial charge >= 0.3 is 0 Å². The number of rotatable bonds is 3. The van der Waals surface area contributed by atoms with Gasteiger partial charge in [-0.05, 0) is 38.3 Å². The lowest BCUT2D eigenvalue weighted by Crippen LogP contribution is -2.28. The molecule has 0 bridgehead atoms. The van der Waals surface area contributed by atoms with Crippen molar-refractivity contribution in [2.75, 3.05) is 31.2 Å². The van der Waals surface area contributed by atoms with Crippen LogP contribution in [0.3, 0.4) is 0 Å². The molecule has 5 heteroatoms. The van der Waals surface area contributed by atoms with E-state index in [0.717, 1.165) is 59.5 Å². The van der Waals surface area contributed by atoms with Gasteiger partial charge in [-0.1, -0.05) is 19.6 Å². The van der Waals surface area contributed by atoms with Gasteiger partial charge in [0.2, 0.25) is 0 Å². The van der Waals surface area contributed by atoms with E-state index >= 15 is 0 Å². The zero-order chi connectivity index (χ0) is 17.4. The molecule has 4 heterocycles. The average Bonchev–Trinajstić information content (AvgIpc) is 3.35. The fourth-order valence-corrected chi connectivity index (χ4v) is 3.75. The van der Waals surface area contributed by atoms with Gasteiger partial charge in [-0.15, -0.1) is 0 Å². The van der Waals surface area contributed by atoms with Gasteiger partial charge in [0.05, 0.1) is 12.0 Å². The molecule has 1 atom stereocenters. The molecule has 0 radical (unpaired) electrons. The lowest BCUT2D eigenvalue weighted by molar-refractivity contribution is 0.179. The Bertz CT molecular complexity index is 917. The van der Waals surface area contributed by atoms with E-state index in [0.29, 0.717) is 6.61 Å². The third kappa shape index (κ3) is 2.67. The van der Waals surface area contributed by atoms with Crippen molar-refractivity contribution < 1.29 is 9.15 Å². The van der Waals surface area contributed by atoms with Crippen LogP contribution in [0.25, 0.3) is 23.3 Å². The normalized spacial score (nSPS) is 25.4. The van der Waals surface area contributed by atoms with Gasteiger partial charge in [0.25, 0.3) is 0 Å². The molecule has 0 amide bonds. The number of aromatic nitrogens is 2. The Hall–Kier alpha value is -2.14. The van der Waals surface area contributed by atoms with Gasteiger partial charge in [-0.2, -0.15) is 0 Å². The van der Waals surface area contributed by atoms with E-state index in [4.69, 9.17) is 19.1 Å². The maximum Gasteiger partial charge on any atom is 0.196 e. The van der Waals surface area contributed by atoms with E-state index in [1.54, 1.807) is 6.08 Å². The molecule has 1 unspecified atom stereocenters. The SMILES string of the molecule is C=C/C=c1\c(=C/C)oc2c(N3CCCC3)nc(C3(C)CCOC3)nc12. The second-order valence-electron chi connectivity index (χ2n) is 7.18. The van der Waals surface area contributed by atoms with Crippen LogP contribution in [0, 0.1) is 0 Å². The number of hydrogen-bond donors (Lipinski definition) is 0. The fraction of sp³-hybridized carbons (Fsp3) is 0.500. The van der Waals surface area contributed by atoms with E-state index < -0.39 is 0 Å². The van der Waals surface area contributed by atoms with Crippen LogP contribution in [0.2, 0.25) is 0 Å². The number of fused-ring (bicyclic) bond motifs is 1. The number of hydrogen-bond acceptors (Lipinski definition) is 5. The van der Waals surface area contributed by atoms with Crippen molar-refractivity contribution in [3.8, 4) is 0 Å². The van der Waals surface area contributed by atoms with Crippen molar-refractivity contribution in [2.45, 2.75) is 38.5 Å². The molecule has 25 heavy (non-hydrogen) atoms. The Kier molecular flexibility index (Phi) is 4.12. The first-order valence-electron chi connectivity index (χ1n) is 9.09. The van der Waals surface area contributed by atoms with Crippen LogP contribution < -0.4 is 15.5 Å². The summed E-state index contributed by atoms with van der Waals surface area (Å²) < 4.78 is 11.8. The summed E-state index contributed by atoms with van der Waals surface area (Å²) in [4.78, 5) is 12.2. The number of furan rings is 1. The molecule has 0 N–H and O–H groups in total. The van der Waals surface area contributed by atoms with Crippen molar-refractivity contribution in [1.29, 1.82) is 0 Å². The molecule has 2 aromatic rings. The molecule has 2 aliphatic rings. The monoisotopic (exact) mass is 339 g/mol. The smallest absolute Gasteiger partial charge is 0.196 e. The van der Waals surface area contributed by atoms with Gasteiger partial charge in [-0.25, -0.2) is 9.97 Å². The lowest BCUT2D eigenvalue weighted by Gasteiger charge is -2.23. The Balaban J connectivity index is 2.03. The molecule has 132 valence electrons. The largest absolute Gasteiger partial charge is 0.451 e. The number of nitrogens with zero attached hydrogens (tertiary/aromatic N) is 3. The molecule has 2 saturated heterocycles. The summed E-state index contributed by atoms with van der Waals surface area (Å²) in [5, 5.41) is 0.985. The van der Waals surface area contributed by atoms with Crippen LogP contribution in [0.5, 0.6) is 0 Å². The van der Waals surface area contributed by atoms with Gasteiger partial charge in [0.15, 0.2) is 11.4 Å². The number of anilines is 1. The maximum absolute atomic E-state index is 6.16. The Morgan fingerprint density at radius 1 is 1.24 bits per heavy atom. The van der Waals surface area contributed by atoms with Crippen LogP contribution in [-0.4, -0.2) is 36.3 Å². The first-order chi connectivity index (χ1) is 12.2. The molecule has 5 nitrogen and oxygen atoms in total. The third-order valence-electron chi connectivity index (χ3n) is 5.29. The van der Waals surface area contributed by atoms with E-state index in [1.807, 2.05) is 19.1 Å². The maximum atomic E-state index is 6.16. The minimum Gasteiger partial charge on any atom is -0.451 e. The minimum absolute atomic E-state index is 0.137. The van der Waals surface area contributed by atoms with Gasteiger partial charge in [0, 0.05) is 24.9 Å². The fourth-order valence-electron chi connectivity index (χ4n) is 3.75. The molecule has 4 rings (SSSR count). The zero-order valence-electron chi connectivity index (χ0n) is 15.0. The highest BCUT2D eigenvalue weighted by molar-refractivity contribution is 5.86.